The van der Waals surface area contributed by atoms with E-state index in [0.29, 0.717) is 5.13 Å². The van der Waals surface area contributed by atoms with Gasteiger partial charge in [0.25, 0.3) is 0 Å². The molecular formula is C9H9N3S2. The fraction of sp³-hybridized carbons (Fsp3) is 0.333. The van der Waals surface area contributed by atoms with Crippen molar-refractivity contribution in [2.45, 2.75) is 19.8 Å². The number of anilines is 1. The average molecular weight is 223 g/mol. The van der Waals surface area contributed by atoms with Crippen LogP contribution in [0.3, 0.4) is 0 Å². The Kier molecular flexibility index (Phi) is 1.66. The predicted molar refractivity (Wildman–Crippen MR) is 59.8 cm³/mol. The molecule has 0 saturated carbocycles. The van der Waals surface area contributed by atoms with E-state index in [0.717, 1.165) is 29.2 Å². The predicted octanol–water partition coefficient (Wildman–Crippen LogP) is 2.26. The van der Waals surface area contributed by atoms with E-state index >= 15 is 0 Å². The Morgan fingerprint density at radius 3 is 2.93 bits per heavy atom. The Labute approximate surface area is 89.6 Å². The highest BCUT2D eigenvalue weighted by Gasteiger charge is 2.23. The fourth-order valence-electron chi connectivity index (χ4n) is 1.77. The summed E-state index contributed by atoms with van der Waals surface area (Å²) in [7, 11) is 0. The monoisotopic (exact) mass is 223 g/mol. The van der Waals surface area contributed by atoms with Gasteiger partial charge in [0, 0.05) is 4.88 Å². The van der Waals surface area contributed by atoms with Crippen LogP contribution in [0.25, 0.3) is 10.6 Å². The SMILES string of the molecule is Cc1nc2c(s1)CCc1nc(N)sc1-2. The molecule has 1 aliphatic carbocycles. The summed E-state index contributed by atoms with van der Waals surface area (Å²) in [5, 5.41) is 1.79. The van der Waals surface area contributed by atoms with Gasteiger partial charge in [-0.05, 0) is 19.8 Å². The van der Waals surface area contributed by atoms with Gasteiger partial charge in [-0.25, -0.2) is 9.97 Å². The topological polar surface area (TPSA) is 51.8 Å². The van der Waals surface area contributed by atoms with Crippen molar-refractivity contribution in [1.29, 1.82) is 0 Å². The molecule has 2 aromatic heterocycles. The number of hydrogen-bond donors (Lipinski definition) is 1. The molecule has 14 heavy (non-hydrogen) atoms. The zero-order chi connectivity index (χ0) is 9.71. The lowest BCUT2D eigenvalue weighted by Crippen LogP contribution is -1.99. The molecule has 0 atom stereocenters. The Hall–Kier alpha value is -0.940. The maximum Gasteiger partial charge on any atom is 0.180 e. The van der Waals surface area contributed by atoms with Crippen LogP contribution in [0.15, 0.2) is 0 Å². The van der Waals surface area contributed by atoms with Gasteiger partial charge in [0.15, 0.2) is 5.13 Å². The highest BCUT2D eigenvalue weighted by Crippen LogP contribution is 2.40. The van der Waals surface area contributed by atoms with Crippen molar-refractivity contribution in [3.05, 3.63) is 15.6 Å². The Bertz CT molecular complexity index is 452. The first-order chi connectivity index (χ1) is 6.74. The van der Waals surface area contributed by atoms with Crippen LogP contribution in [0, 0.1) is 6.92 Å². The second kappa shape index (κ2) is 2.77. The molecule has 3 nitrogen and oxygen atoms in total. The molecule has 2 N–H and O–H groups in total. The molecule has 0 unspecified atom stereocenters. The molecule has 0 spiro atoms. The molecule has 0 aliphatic heterocycles. The van der Waals surface area contributed by atoms with E-state index in [4.69, 9.17) is 5.73 Å². The van der Waals surface area contributed by atoms with Gasteiger partial charge in [-0.1, -0.05) is 11.3 Å². The van der Waals surface area contributed by atoms with Crippen molar-refractivity contribution in [2.24, 2.45) is 0 Å². The third-order valence-electron chi connectivity index (χ3n) is 2.32. The zero-order valence-electron chi connectivity index (χ0n) is 7.70. The molecule has 5 heteroatoms. The van der Waals surface area contributed by atoms with E-state index in [1.165, 1.54) is 9.75 Å². The van der Waals surface area contributed by atoms with Gasteiger partial charge in [0.05, 0.1) is 21.3 Å². The maximum atomic E-state index is 5.71. The number of rotatable bonds is 0. The normalized spacial score (nSPS) is 13.8. The van der Waals surface area contributed by atoms with Gasteiger partial charge < -0.3 is 5.73 Å². The summed E-state index contributed by atoms with van der Waals surface area (Å²) >= 11 is 3.35. The Morgan fingerprint density at radius 1 is 1.21 bits per heavy atom. The van der Waals surface area contributed by atoms with E-state index in [1.54, 1.807) is 22.7 Å². The Balaban J connectivity index is 2.27. The van der Waals surface area contributed by atoms with E-state index in [1.807, 2.05) is 6.92 Å². The number of nitrogens with two attached hydrogens (primary N) is 1. The lowest BCUT2D eigenvalue weighted by atomic mass is 10.1. The molecule has 0 fully saturated rings. The van der Waals surface area contributed by atoms with Crippen LogP contribution >= 0.6 is 22.7 Å². The summed E-state index contributed by atoms with van der Waals surface area (Å²) in [5.41, 5.74) is 7.96. The third kappa shape index (κ3) is 1.09. The van der Waals surface area contributed by atoms with Crippen LogP contribution in [0.1, 0.15) is 15.6 Å². The first kappa shape index (κ1) is 8.38. The van der Waals surface area contributed by atoms with Crippen molar-refractivity contribution >= 4 is 27.8 Å². The van der Waals surface area contributed by atoms with Crippen molar-refractivity contribution in [3.63, 3.8) is 0 Å². The quantitative estimate of drug-likeness (QED) is 0.745. The first-order valence-corrected chi connectivity index (χ1v) is 6.09. The smallest absolute Gasteiger partial charge is 0.180 e. The lowest BCUT2D eigenvalue weighted by molar-refractivity contribution is 0.923. The van der Waals surface area contributed by atoms with Crippen LogP contribution in [-0.4, -0.2) is 9.97 Å². The van der Waals surface area contributed by atoms with Gasteiger partial charge in [0.1, 0.15) is 0 Å². The number of nitrogens with zero attached hydrogens (tertiary/aromatic N) is 2. The average Bonchev–Trinajstić information content (AvgIpc) is 2.65. The zero-order valence-corrected chi connectivity index (χ0v) is 9.34. The summed E-state index contributed by atoms with van der Waals surface area (Å²) in [6, 6.07) is 0. The minimum Gasteiger partial charge on any atom is -0.375 e. The first-order valence-electron chi connectivity index (χ1n) is 4.46. The summed E-state index contributed by atoms with van der Waals surface area (Å²) in [5.74, 6) is 0. The highest BCUT2D eigenvalue weighted by atomic mass is 32.1. The molecule has 0 radical (unpaired) electrons. The standard InChI is InChI=1S/C9H9N3S2/c1-4-11-7-6(13-4)3-2-5-8(7)14-9(10)12-5/h2-3H2,1H3,(H2,10,12). The molecule has 0 amide bonds. The summed E-state index contributed by atoms with van der Waals surface area (Å²) in [6.45, 7) is 2.05. The van der Waals surface area contributed by atoms with Crippen molar-refractivity contribution in [3.8, 4) is 10.6 Å². The van der Waals surface area contributed by atoms with Crippen LogP contribution in [0.5, 0.6) is 0 Å². The largest absolute Gasteiger partial charge is 0.375 e. The van der Waals surface area contributed by atoms with Crippen LogP contribution < -0.4 is 5.73 Å². The molecular weight excluding hydrogens is 214 g/mol. The molecule has 2 aromatic rings. The van der Waals surface area contributed by atoms with E-state index in [-0.39, 0.29) is 0 Å². The maximum absolute atomic E-state index is 5.71. The summed E-state index contributed by atoms with van der Waals surface area (Å²) in [4.78, 5) is 11.4. The van der Waals surface area contributed by atoms with Crippen molar-refractivity contribution in [1.82, 2.24) is 9.97 Å². The van der Waals surface area contributed by atoms with Crippen molar-refractivity contribution in [2.75, 3.05) is 5.73 Å². The van der Waals surface area contributed by atoms with Gasteiger partial charge in [-0.3, -0.25) is 0 Å². The second-order valence-electron chi connectivity index (χ2n) is 3.33. The van der Waals surface area contributed by atoms with Gasteiger partial charge in [-0.15, -0.1) is 11.3 Å². The van der Waals surface area contributed by atoms with E-state index in [9.17, 15) is 0 Å². The van der Waals surface area contributed by atoms with Crippen molar-refractivity contribution < 1.29 is 0 Å². The molecule has 1 aliphatic rings. The number of fused-ring (bicyclic) bond motifs is 3. The molecule has 2 heterocycles. The molecule has 0 aromatic carbocycles. The number of hydrogen-bond acceptors (Lipinski definition) is 5. The minimum absolute atomic E-state index is 0.661. The molecule has 0 bridgehead atoms. The minimum atomic E-state index is 0.661. The van der Waals surface area contributed by atoms with Crippen LogP contribution in [0.2, 0.25) is 0 Å². The third-order valence-corrected chi connectivity index (χ3v) is 4.29. The number of aromatic nitrogens is 2. The van der Waals surface area contributed by atoms with Gasteiger partial charge in [-0.2, -0.15) is 0 Å². The van der Waals surface area contributed by atoms with Crippen LogP contribution in [0.4, 0.5) is 5.13 Å². The van der Waals surface area contributed by atoms with E-state index in [2.05, 4.69) is 9.97 Å². The molecule has 3 rings (SSSR count). The number of aryl methyl sites for hydroxylation is 3. The second-order valence-corrected chi connectivity index (χ2v) is 5.65. The highest BCUT2D eigenvalue weighted by molar-refractivity contribution is 7.19. The lowest BCUT2D eigenvalue weighted by Gasteiger charge is -2.07. The number of nitrogen functional groups attached to an aromatic ring is 1. The molecule has 0 saturated heterocycles. The number of thiazole rings is 2. The van der Waals surface area contributed by atoms with E-state index < -0.39 is 0 Å². The van der Waals surface area contributed by atoms with Gasteiger partial charge in [0.2, 0.25) is 0 Å². The Morgan fingerprint density at radius 2 is 2.07 bits per heavy atom. The summed E-state index contributed by atoms with van der Waals surface area (Å²) in [6.07, 6.45) is 2.08. The fourth-order valence-corrected chi connectivity index (χ4v) is 3.68. The molecule has 72 valence electrons. The van der Waals surface area contributed by atoms with Crippen LogP contribution in [-0.2, 0) is 12.8 Å². The summed E-state index contributed by atoms with van der Waals surface area (Å²) < 4.78 is 0. The van der Waals surface area contributed by atoms with Gasteiger partial charge >= 0.3 is 0 Å².